The first kappa shape index (κ1) is 16.4. The van der Waals surface area contributed by atoms with E-state index in [1.165, 1.54) is 6.07 Å². The molecule has 2 heterocycles. The molecule has 1 aromatic heterocycles. The van der Waals surface area contributed by atoms with E-state index in [0.29, 0.717) is 32.2 Å². The fourth-order valence-corrected chi connectivity index (χ4v) is 2.66. The van der Waals surface area contributed by atoms with Crippen LogP contribution in [0.15, 0.2) is 28.7 Å². The van der Waals surface area contributed by atoms with Crippen LogP contribution in [0.1, 0.15) is 20.8 Å². The molecule has 1 amide bonds. The van der Waals surface area contributed by atoms with Crippen molar-refractivity contribution in [3.8, 4) is 11.5 Å². The van der Waals surface area contributed by atoms with Gasteiger partial charge in [0.25, 0.3) is 5.89 Å². The third kappa shape index (κ3) is 3.25. The SMILES string of the molecule is CC(C)(C)C(=O)N1CCN(c2nnc(-c3ccccc3F)o2)CC1. The van der Waals surface area contributed by atoms with Crippen molar-refractivity contribution >= 4 is 11.9 Å². The molecule has 3 rings (SSSR count). The van der Waals surface area contributed by atoms with Crippen molar-refractivity contribution in [1.82, 2.24) is 15.1 Å². The Labute approximate surface area is 140 Å². The summed E-state index contributed by atoms with van der Waals surface area (Å²) in [4.78, 5) is 16.1. The maximum Gasteiger partial charge on any atom is 0.318 e. The summed E-state index contributed by atoms with van der Waals surface area (Å²) >= 11 is 0. The summed E-state index contributed by atoms with van der Waals surface area (Å²) < 4.78 is 19.4. The molecule has 0 radical (unpaired) electrons. The predicted molar refractivity (Wildman–Crippen MR) is 87.9 cm³/mol. The van der Waals surface area contributed by atoms with E-state index in [4.69, 9.17) is 4.42 Å². The largest absolute Gasteiger partial charge is 0.403 e. The molecule has 1 saturated heterocycles. The van der Waals surface area contributed by atoms with Gasteiger partial charge >= 0.3 is 6.01 Å². The van der Waals surface area contributed by atoms with Crippen LogP contribution in [0.5, 0.6) is 0 Å². The van der Waals surface area contributed by atoms with Gasteiger partial charge < -0.3 is 14.2 Å². The molecule has 0 atom stereocenters. The quantitative estimate of drug-likeness (QED) is 0.846. The number of amides is 1. The first-order valence-corrected chi connectivity index (χ1v) is 7.99. The molecular weight excluding hydrogens is 311 g/mol. The first-order chi connectivity index (χ1) is 11.4. The highest BCUT2D eigenvalue weighted by Gasteiger charge is 2.31. The van der Waals surface area contributed by atoms with Crippen molar-refractivity contribution in [3.05, 3.63) is 30.1 Å². The van der Waals surface area contributed by atoms with Crippen LogP contribution in [0.25, 0.3) is 11.5 Å². The molecule has 1 fully saturated rings. The normalized spacial score (nSPS) is 15.7. The number of hydrogen-bond acceptors (Lipinski definition) is 5. The summed E-state index contributed by atoms with van der Waals surface area (Å²) in [6, 6.07) is 6.65. The van der Waals surface area contributed by atoms with Crippen LogP contribution in [0, 0.1) is 11.2 Å². The Balaban J connectivity index is 1.68. The van der Waals surface area contributed by atoms with Gasteiger partial charge in [0.05, 0.1) is 5.56 Å². The van der Waals surface area contributed by atoms with Gasteiger partial charge in [-0.05, 0) is 12.1 Å². The van der Waals surface area contributed by atoms with Crippen molar-refractivity contribution in [2.75, 3.05) is 31.1 Å². The van der Waals surface area contributed by atoms with E-state index in [9.17, 15) is 9.18 Å². The highest BCUT2D eigenvalue weighted by Crippen LogP contribution is 2.25. The van der Waals surface area contributed by atoms with E-state index in [1.807, 2.05) is 30.6 Å². The van der Waals surface area contributed by atoms with Gasteiger partial charge in [0, 0.05) is 31.6 Å². The number of piperazine rings is 1. The topological polar surface area (TPSA) is 62.5 Å². The predicted octanol–water partition coefficient (Wildman–Crippen LogP) is 2.57. The van der Waals surface area contributed by atoms with Gasteiger partial charge in [-0.3, -0.25) is 4.79 Å². The Kier molecular flexibility index (Phi) is 4.26. The molecule has 0 aliphatic carbocycles. The van der Waals surface area contributed by atoms with Crippen molar-refractivity contribution in [3.63, 3.8) is 0 Å². The Morgan fingerprint density at radius 3 is 2.42 bits per heavy atom. The number of hydrogen-bond donors (Lipinski definition) is 0. The van der Waals surface area contributed by atoms with Gasteiger partial charge in [-0.1, -0.05) is 38.0 Å². The molecule has 0 N–H and O–H groups in total. The summed E-state index contributed by atoms with van der Waals surface area (Å²) in [6.45, 7) is 8.18. The van der Waals surface area contributed by atoms with E-state index in [1.54, 1.807) is 18.2 Å². The van der Waals surface area contributed by atoms with E-state index >= 15 is 0 Å². The second-order valence-corrected chi connectivity index (χ2v) is 6.90. The summed E-state index contributed by atoms with van der Waals surface area (Å²) in [6.07, 6.45) is 0. The molecule has 2 aromatic rings. The highest BCUT2D eigenvalue weighted by molar-refractivity contribution is 5.81. The smallest absolute Gasteiger partial charge is 0.318 e. The maximum atomic E-state index is 13.8. The van der Waals surface area contributed by atoms with Crippen LogP contribution in [0.3, 0.4) is 0 Å². The van der Waals surface area contributed by atoms with Crippen molar-refractivity contribution in [2.45, 2.75) is 20.8 Å². The van der Waals surface area contributed by atoms with Crippen LogP contribution in [0.4, 0.5) is 10.4 Å². The summed E-state index contributed by atoms with van der Waals surface area (Å²) in [5.41, 5.74) is -0.0946. The van der Waals surface area contributed by atoms with E-state index in [-0.39, 0.29) is 22.8 Å². The monoisotopic (exact) mass is 332 g/mol. The molecule has 1 aliphatic rings. The maximum absolute atomic E-state index is 13.8. The minimum Gasteiger partial charge on any atom is -0.403 e. The van der Waals surface area contributed by atoms with Crippen LogP contribution in [-0.2, 0) is 4.79 Å². The zero-order chi connectivity index (χ0) is 17.3. The minimum absolute atomic E-state index is 0.139. The Morgan fingerprint density at radius 2 is 1.79 bits per heavy atom. The van der Waals surface area contributed by atoms with Crippen molar-refractivity contribution in [2.24, 2.45) is 5.41 Å². The summed E-state index contributed by atoms with van der Waals surface area (Å²) in [5, 5.41) is 7.95. The molecule has 1 aliphatic heterocycles. The van der Waals surface area contributed by atoms with Crippen LogP contribution >= 0.6 is 0 Å². The summed E-state index contributed by atoms with van der Waals surface area (Å²) in [7, 11) is 0. The molecule has 0 spiro atoms. The van der Waals surface area contributed by atoms with Gasteiger partial charge in [-0.25, -0.2) is 4.39 Å². The number of halogens is 1. The fourth-order valence-electron chi connectivity index (χ4n) is 2.66. The number of nitrogens with zero attached hydrogens (tertiary/aromatic N) is 4. The number of benzene rings is 1. The number of rotatable bonds is 2. The van der Waals surface area contributed by atoms with E-state index in [2.05, 4.69) is 10.2 Å². The lowest BCUT2D eigenvalue weighted by atomic mass is 9.94. The Morgan fingerprint density at radius 1 is 1.12 bits per heavy atom. The lowest BCUT2D eigenvalue weighted by Gasteiger charge is -2.36. The van der Waals surface area contributed by atoms with Gasteiger partial charge in [0.2, 0.25) is 5.91 Å². The lowest BCUT2D eigenvalue weighted by molar-refractivity contribution is -0.139. The summed E-state index contributed by atoms with van der Waals surface area (Å²) in [5.74, 6) is -0.0932. The van der Waals surface area contributed by atoms with Crippen LogP contribution < -0.4 is 4.90 Å². The van der Waals surface area contributed by atoms with E-state index < -0.39 is 5.82 Å². The van der Waals surface area contributed by atoms with Gasteiger partial charge in [-0.2, -0.15) is 0 Å². The molecular formula is C17H21FN4O2. The molecule has 0 saturated carbocycles. The van der Waals surface area contributed by atoms with Crippen LogP contribution in [0.2, 0.25) is 0 Å². The van der Waals surface area contributed by atoms with Gasteiger partial charge in [0.15, 0.2) is 0 Å². The number of carbonyl (C=O) groups excluding carboxylic acids is 1. The standard InChI is InChI=1S/C17H21FN4O2/c1-17(2,3)15(23)21-8-10-22(11-9-21)16-20-19-14(24-16)12-6-4-5-7-13(12)18/h4-7H,8-11H2,1-3H3. The molecule has 1 aromatic carbocycles. The molecule has 7 heteroatoms. The Bertz CT molecular complexity index is 730. The number of aromatic nitrogens is 2. The second-order valence-electron chi connectivity index (χ2n) is 6.90. The second kappa shape index (κ2) is 6.22. The number of carbonyl (C=O) groups is 1. The zero-order valence-corrected chi connectivity index (χ0v) is 14.1. The van der Waals surface area contributed by atoms with Gasteiger partial charge in [0.1, 0.15) is 5.82 Å². The molecule has 6 nitrogen and oxygen atoms in total. The fraction of sp³-hybridized carbons (Fsp3) is 0.471. The zero-order valence-electron chi connectivity index (χ0n) is 14.1. The molecule has 24 heavy (non-hydrogen) atoms. The molecule has 128 valence electrons. The average molecular weight is 332 g/mol. The van der Waals surface area contributed by atoms with Crippen molar-refractivity contribution in [1.29, 1.82) is 0 Å². The number of anilines is 1. The molecule has 0 bridgehead atoms. The third-order valence-corrected chi connectivity index (χ3v) is 4.00. The lowest BCUT2D eigenvalue weighted by Crippen LogP contribution is -2.51. The van der Waals surface area contributed by atoms with Gasteiger partial charge in [-0.15, -0.1) is 5.10 Å². The first-order valence-electron chi connectivity index (χ1n) is 7.99. The third-order valence-electron chi connectivity index (χ3n) is 4.00. The van der Waals surface area contributed by atoms with E-state index in [0.717, 1.165) is 0 Å². The minimum atomic E-state index is -0.395. The van der Waals surface area contributed by atoms with Crippen molar-refractivity contribution < 1.29 is 13.6 Å². The average Bonchev–Trinajstić information content (AvgIpc) is 3.03. The molecule has 0 unspecified atom stereocenters. The Hall–Kier alpha value is -2.44. The highest BCUT2D eigenvalue weighted by atomic mass is 19.1. The van der Waals surface area contributed by atoms with Crippen LogP contribution in [-0.4, -0.2) is 47.2 Å².